The van der Waals surface area contributed by atoms with E-state index in [1.165, 1.54) is 13.2 Å². The van der Waals surface area contributed by atoms with Crippen molar-refractivity contribution in [3.63, 3.8) is 0 Å². The number of amides is 2. The summed E-state index contributed by atoms with van der Waals surface area (Å²) >= 11 is 0. The van der Waals surface area contributed by atoms with Crippen molar-refractivity contribution in [3.05, 3.63) is 53.2 Å². The van der Waals surface area contributed by atoms with Gasteiger partial charge in [0.25, 0.3) is 0 Å². The molecule has 5 N–H and O–H groups in total. The molecule has 0 bridgehead atoms. The van der Waals surface area contributed by atoms with E-state index in [9.17, 15) is 4.79 Å². The molecule has 2 amide bonds. The lowest BCUT2D eigenvalue weighted by molar-refractivity contribution is 0.249. The highest BCUT2D eigenvalue weighted by Gasteiger charge is 2.18. The van der Waals surface area contributed by atoms with Gasteiger partial charge in [-0.2, -0.15) is 0 Å². The van der Waals surface area contributed by atoms with E-state index in [2.05, 4.69) is 15.6 Å². The Kier molecular flexibility index (Phi) is 6.73. The number of aromatic nitrogens is 1. The maximum atomic E-state index is 12.3. The van der Waals surface area contributed by atoms with Crippen molar-refractivity contribution in [1.29, 1.82) is 5.41 Å². The SMILES string of the molecule is COC(=N)c1c(N)cc(NC(=O)N[C@H](C)c2ccccc2)nc1CN(C)C. The average molecular weight is 370 g/mol. The molecule has 144 valence electrons. The highest BCUT2D eigenvalue weighted by atomic mass is 16.5. The van der Waals surface area contributed by atoms with Crippen molar-refractivity contribution in [3.8, 4) is 0 Å². The maximum Gasteiger partial charge on any atom is 0.320 e. The molecule has 0 fully saturated rings. The van der Waals surface area contributed by atoms with E-state index in [4.69, 9.17) is 15.9 Å². The lowest BCUT2D eigenvalue weighted by Gasteiger charge is -2.18. The minimum absolute atomic E-state index is 0.0643. The third-order valence-electron chi connectivity index (χ3n) is 3.91. The van der Waals surface area contributed by atoms with Crippen LogP contribution in [0, 0.1) is 5.41 Å². The van der Waals surface area contributed by atoms with E-state index in [1.807, 2.05) is 56.3 Å². The summed E-state index contributed by atoms with van der Waals surface area (Å²) in [5.74, 6) is 0.250. The second kappa shape index (κ2) is 9.00. The first-order valence-electron chi connectivity index (χ1n) is 8.51. The second-order valence-electron chi connectivity index (χ2n) is 6.42. The number of nitrogens with zero attached hydrogens (tertiary/aromatic N) is 2. The highest BCUT2D eigenvalue weighted by Crippen LogP contribution is 2.22. The Labute approximate surface area is 159 Å². The number of urea groups is 1. The second-order valence-corrected chi connectivity index (χ2v) is 6.42. The molecule has 2 aromatic rings. The van der Waals surface area contributed by atoms with Gasteiger partial charge in [0.1, 0.15) is 5.82 Å². The standard InChI is InChI=1S/C19H26N6O2/c1-12(13-8-6-5-7-9-13)22-19(26)24-16-10-14(20)17(18(21)27-4)15(23-16)11-25(2)3/h5-10,12,21H,11H2,1-4H3,(H4,20,22,23,24,26)/t12-/m1/s1. The first-order chi connectivity index (χ1) is 12.8. The fourth-order valence-corrected chi connectivity index (χ4v) is 2.64. The van der Waals surface area contributed by atoms with Crippen LogP contribution in [0.15, 0.2) is 36.4 Å². The van der Waals surface area contributed by atoms with E-state index >= 15 is 0 Å². The molecule has 1 aromatic heterocycles. The van der Waals surface area contributed by atoms with Gasteiger partial charge >= 0.3 is 6.03 Å². The Morgan fingerprint density at radius 3 is 2.59 bits per heavy atom. The number of nitrogens with two attached hydrogens (primary N) is 1. The molecule has 0 unspecified atom stereocenters. The highest BCUT2D eigenvalue weighted by molar-refractivity contribution is 5.99. The minimum atomic E-state index is -0.386. The Bertz CT molecular complexity index is 807. The van der Waals surface area contributed by atoms with E-state index in [-0.39, 0.29) is 18.0 Å². The summed E-state index contributed by atoms with van der Waals surface area (Å²) in [4.78, 5) is 18.7. The van der Waals surface area contributed by atoms with Crippen molar-refractivity contribution < 1.29 is 9.53 Å². The minimum Gasteiger partial charge on any atom is -0.481 e. The first-order valence-corrected chi connectivity index (χ1v) is 8.51. The topological polar surface area (TPSA) is 116 Å². The van der Waals surface area contributed by atoms with E-state index < -0.39 is 0 Å². The molecule has 8 heteroatoms. The van der Waals surface area contributed by atoms with Crippen LogP contribution >= 0.6 is 0 Å². The molecule has 0 radical (unpaired) electrons. The summed E-state index contributed by atoms with van der Waals surface area (Å²) in [7, 11) is 5.17. The van der Waals surface area contributed by atoms with Crippen LogP contribution in [0.25, 0.3) is 0 Å². The number of carbonyl (C=O) groups excluding carboxylic acids is 1. The number of methoxy groups -OCH3 is 1. The summed E-state index contributed by atoms with van der Waals surface area (Å²) in [6.45, 7) is 2.35. The number of carbonyl (C=O) groups is 1. The Balaban J connectivity index is 2.19. The van der Waals surface area contributed by atoms with Gasteiger partial charge in [0.05, 0.1) is 24.4 Å². The van der Waals surface area contributed by atoms with Crippen LogP contribution in [0.1, 0.15) is 29.8 Å². The summed E-state index contributed by atoms with van der Waals surface area (Å²) in [5, 5.41) is 13.5. The fourth-order valence-electron chi connectivity index (χ4n) is 2.64. The Morgan fingerprint density at radius 2 is 2.00 bits per heavy atom. The van der Waals surface area contributed by atoms with Gasteiger partial charge in [-0.3, -0.25) is 10.7 Å². The number of pyridine rings is 1. The molecule has 0 saturated heterocycles. The number of rotatable bonds is 6. The van der Waals surface area contributed by atoms with Gasteiger partial charge in [0, 0.05) is 18.3 Å². The zero-order chi connectivity index (χ0) is 20.0. The number of ether oxygens (including phenoxy) is 1. The number of hydrogen-bond acceptors (Lipinski definition) is 6. The summed E-state index contributed by atoms with van der Waals surface area (Å²) < 4.78 is 5.01. The first kappa shape index (κ1) is 20.2. The molecule has 0 spiro atoms. The lowest BCUT2D eigenvalue weighted by atomic mass is 10.1. The van der Waals surface area contributed by atoms with Gasteiger partial charge in [0.15, 0.2) is 0 Å². The quantitative estimate of drug-likeness (QED) is 0.461. The van der Waals surface area contributed by atoms with Crippen LogP contribution in [0.4, 0.5) is 16.3 Å². The number of nitrogen functional groups attached to an aromatic ring is 1. The van der Waals surface area contributed by atoms with Crippen LogP contribution in [0.3, 0.4) is 0 Å². The van der Waals surface area contributed by atoms with Gasteiger partial charge in [-0.15, -0.1) is 0 Å². The third kappa shape index (κ3) is 5.42. The van der Waals surface area contributed by atoms with Crippen molar-refractivity contribution in [2.75, 3.05) is 32.3 Å². The van der Waals surface area contributed by atoms with Crippen LogP contribution in [-0.4, -0.2) is 43.0 Å². The lowest BCUT2D eigenvalue weighted by Crippen LogP contribution is -2.31. The zero-order valence-corrected chi connectivity index (χ0v) is 16.0. The van der Waals surface area contributed by atoms with Gasteiger partial charge in [0.2, 0.25) is 5.90 Å². The molecule has 0 saturated carbocycles. The smallest absolute Gasteiger partial charge is 0.320 e. The molecule has 0 aliphatic rings. The monoisotopic (exact) mass is 370 g/mol. The molecule has 2 rings (SSSR count). The van der Waals surface area contributed by atoms with E-state index in [1.54, 1.807) is 0 Å². The summed E-state index contributed by atoms with van der Waals surface area (Å²) in [6, 6.07) is 10.6. The summed E-state index contributed by atoms with van der Waals surface area (Å²) in [5.41, 5.74) is 8.39. The number of hydrogen-bond donors (Lipinski definition) is 4. The Morgan fingerprint density at radius 1 is 1.33 bits per heavy atom. The van der Waals surface area contributed by atoms with Gasteiger partial charge < -0.3 is 20.7 Å². The molecule has 27 heavy (non-hydrogen) atoms. The van der Waals surface area contributed by atoms with E-state index in [0.717, 1.165) is 5.56 Å². The zero-order valence-electron chi connectivity index (χ0n) is 16.0. The Hall–Kier alpha value is -3.13. The van der Waals surface area contributed by atoms with Crippen molar-refractivity contribution in [2.24, 2.45) is 0 Å². The predicted molar refractivity (Wildman–Crippen MR) is 107 cm³/mol. The number of anilines is 2. The molecule has 0 aliphatic heterocycles. The molecular weight excluding hydrogens is 344 g/mol. The predicted octanol–water partition coefficient (Wildman–Crippen LogP) is 2.58. The average Bonchev–Trinajstić information content (AvgIpc) is 2.61. The number of nitrogens with one attached hydrogen (secondary N) is 3. The van der Waals surface area contributed by atoms with Crippen molar-refractivity contribution in [2.45, 2.75) is 19.5 Å². The van der Waals surface area contributed by atoms with Crippen LogP contribution in [0.2, 0.25) is 0 Å². The van der Waals surface area contributed by atoms with Gasteiger partial charge in [-0.1, -0.05) is 30.3 Å². The molecule has 1 aromatic carbocycles. The molecule has 0 aliphatic carbocycles. The molecule has 1 atom stereocenters. The molecule has 1 heterocycles. The van der Waals surface area contributed by atoms with Crippen LogP contribution < -0.4 is 16.4 Å². The fraction of sp³-hybridized carbons (Fsp3) is 0.316. The molecule has 8 nitrogen and oxygen atoms in total. The van der Waals surface area contributed by atoms with Crippen molar-refractivity contribution in [1.82, 2.24) is 15.2 Å². The van der Waals surface area contributed by atoms with Gasteiger partial charge in [-0.05, 0) is 26.6 Å². The largest absolute Gasteiger partial charge is 0.481 e. The summed E-state index contributed by atoms with van der Waals surface area (Å²) in [6.07, 6.45) is 0. The normalized spacial score (nSPS) is 11.7. The van der Waals surface area contributed by atoms with E-state index in [0.29, 0.717) is 29.3 Å². The maximum absolute atomic E-state index is 12.3. The molecular formula is C19H26N6O2. The van der Waals surface area contributed by atoms with Crippen LogP contribution in [0.5, 0.6) is 0 Å². The third-order valence-corrected chi connectivity index (χ3v) is 3.91. The van der Waals surface area contributed by atoms with Crippen LogP contribution in [-0.2, 0) is 11.3 Å². The number of benzene rings is 1. The van der Waals surface area contributed by atoms with Gasteiger partial charge in [-0.25, -0.2) is 9.78 Å². The van der Waals surface area contributed by atoms with Crippen molar-refractivity contribution >= 4 is 23.4 Å².